The number of nitrogens with one attached hydrogen (secondary N) is 2. The van der Waals surface area contributed by atoms with Crippen molar-refractivity contribution in [3.63, 3.8) is 0 Å². The van der Waals surface area contributed by atoms with Crippen LogP contribution in [0, 0.1) is 5.92 Å². The SMILES string of the molecule is O=C(Nc1ccc(S(=O)(=O)NCc2ccco2)cc1)C1CCC1. The summed E-state index contributed by atoms with van der Waals surface area (Å²) in [6, 6.07) is 9.53. The zero-order valence-corrected chi connectivity index (χ0v) is 13.3. The first-order valence-electron chi connectivity index (χ1n) is 7.47. The van der Waals surface area contributed by atoms with E-state index in [1.165, 1.54) is 18.4 Å². The summed E-state index contributed by atoms with van der Waals surface area (Å²) in [4.78, 5) is 12.0. The standard InChI is InChI=1S/C16H18N2O4S/c19-16(12-3-1-4-12)18-13-6-8-15(9-7-13)23(20,21)17-11-14-5-2-10-22-14/h2,5-10,12,17H,1,3-4,11H2,(H,18,19). The third kappa shape index (κ3) is 3.80. The minimum atomic E-state index is -3.61. The molecule has 6 nitrogen and oxygen atoms in total. The van der Waals surface area contributed by atoms with Gasteiger partial charge in [-0.25, -0.2) is 13.1 Å². The van der Waals surface area contributed by atoms with Gasteiger partial charge in [-0.15, -0.1) is 0 Å². The summed E-state index contributed by atoms with van der Waals surface area (Å²) in [6.45, 7) is 0.0928. The van der Waals surface area contributed by atoms with Gasteiger partial charge < -0.3 is 9.73 Å². The van der Waals surface area contributed by atoms with Crippen molar-refractivity contribution in [2.45, 2.75) is 30.7 Å². The summed E-state index contributed by atoms with van der Waals surface area (Å²) in [7, 11) is -3.61. The van der Waals surface area contributed by atoms with E-state index in [0.29, 0.717) is 11.4 Å². The van der Waals surface area contributed by atoms with Crippen LogP contribution in [0.2, 0.25) is 0 Å². The molecule has 0 spiro atoms. The number of carbonyl (C=O) groups excluding carboxylic acids is 1. The summed E-state index contributed by atoms with van der Waals surface area (Å²) in [5.74, 6) is 0.633. The predicted molar refractivity (Wildman–Crippen MR) is 85.1 cm³/mol. The first-order chi connectivity index (χ1) is 11.0. The van der Waals surface area contributed by atoms with Crippen LogP contribution >= 0.6 is 0 Å². The van der Waals surface area contributed by atoms with Gasteiger partial charge in [-0.2, -0.15) is 0 Å². The molecule has 2 aromatic rings. The molecular weight excluding hydrogens is 316 g/mol. The first kappa shape index (κ1) is 15.8. The number of hydrogen-bond acceptors (Lipinski definition) is 4. The van der Waals surface area contributed by atoms with Gasteiger partial charge in [0.25, 0.3) is 0 Å². The zero-order valence-electron chi connectivity index (χ0n) is 12.5. The summed E-state index contributed by atoms with van der Waals surface area (Å²) < 4.78 is 31.9. The number of sulfonamides is 1. The molecule has 1 saturated carbocycles. The van der Waals surface area contributed by atoms with E-state index >= 15 is 0 Å². The van der Waals surface area contributed by atoms with E-state index in [0.717, 1.165) is 19.3 Å². The molecule has 1 amide bonds. The number of carbonyl (C=O) groups is 1. The molecule has 3 rings (SSSR count). The van der Waals surface area contributed by atoms with Crippen molar-refractivity contribution >= 4 is 21.6 Å². The Morgan fingerprint density at radius 1 is 1.17 bits per heavy atom. The summed E-state index contributed by atoms with van der Waals surface area (Å²) >= 11 is 0. The Morgan fingerprint density at radius 2 is 1.91 bits per heavy atom. The van der Waals surface area contributed by atoms with Crippen LogP contribution in [0.25, 0.3) is 0 Å². The van der Waals surface area contributed by atoms with Crippen LogP contribution < -0.4 is 10.0 Å². The predicted octanol–water partition coefficient (Wildman–Crippen LogP) is 2.50. The van der Waals surface area contributed by atoms with Gasteiger partial charge in [-0.05, 0) is 49.2 Å². The van der Waals surface area contributed by atoms with Crippen LogP contribution in [-0.4, -0.2) is 14.3 Å². The molecule has 1 aliphatic rings. The summed E-state index contributed by atoms with van der Waals surface area (Å²) in [5.41, 5.74) is 0.604. The van der Waals surface area contributed by atoms with Gasteiger partial charge in [-0.3, -0.25) is 4.79 Å². The average Bonchev–Trinajstić information content (AvgIpc) is 2.97. The molecule has 122 valence electrons. The lowest BCUT2D eigenvalue weighted by molar-refractivity contribution is -0.122. The largest absolute Gasteiger partial charge is 0.468 e. The number of rotatable bonds is 6. The lowest BCUT2D eigenvalue weighted by Gasteiger charge is -2.24. The van der Waals surface area contributed by atoms with Crippen molar-refractivity contribution in [3.8, 4) is 0 Å². The van der Waals surface area contributed by atoms with Crippen LogP contribution in [0.5, 0.6) is 0 Å². The van der Waals surface area contributed by atoms with E-state index in [9.17, 15) is 13.2 Å². The lowest BCUT2D eigenvalue weighted by atomic mass is 9.85. The quantitative estimate of drug-likeness (QED) is 0.849. The second-order valence-electron chi connectivity index (χ2n) is 5.55. The third-order valence-electron chi connectivity index (χ3n) is 3.92. The van der Waals surface area contributed by atoms with Crippen LogP contribution in [0.4, 0.5) is 5.69 Å². The van der Waals surface area contributed by atoms with Crippen molar-refractivity contribution in [2.24, 2.45) is 5.92 Å². The lowest BCUT2D eigenvalue weighted by Crippen LogP contribution is -2.28. The smallest absolute Gasteiger partial charge is 0.240 e. The molecule has 1 aliphatic carbocycles. The van der Waals surface area contributed by atoms with E-state index in [2.05, 4.69) is 10.0 Å². The number of benzene rings is 1. The number of hydrogen-bond donors (Lipinski definition) is 2. The Balaban J connectivity index is 1.62. The van der Waals surface area contributed by atoms with Gasteiger partial charge in [0.05, 0.1) is 17.7 Å². The Bertz CT molecular complexity index is 763. The minimum absolute atomic E-state index is 0.00259. The van der Waals surface area contributed by atoms with Crippen LogP contribution in [0.15, 0.2) is 52.0 Å². The van der Waals surface area contributed by atoms with E-state index in [4.69, 9.17) is 4.42 Å². The van der Waals surface area contributed by atoms with E-state index in [-0.39, 0.29) is 23.3 Å². The molecule has 0 bridgehead atoms. The molecule has 0 aliphatic heterocycles. The fourth-order valence-corrected chi connectivity index (χ4v) is 3.29. The Morgan fingerprint density at radius 3 is 2.48 bits per heavy atom. The average molecular weight is 334 g/mol. The molecule has 1 aromatic carbocycles. The molecule has 0 atom stereocenters. The highest BCUT2D eigenvalue weighted by atomic mass is 32.2. The van der Waals surface area contributed by atoms with Crippen LogP contribution in [0.3, 0.4) is 0 Å². The third-order valence-corrected chi connectivity index (χ3v) is 5.34. The fraction of sp³-hybridized carbons (Fsp3) is 0.312. The van der Waals surface area contributed by atoms with Gasteiger partial charge in [0.15, 0.2) is 0 Å². The van der Waals surface area contributed by atoms with Gasteiger partial charge in [0.2, 0.25) is 15.9 Å². The van der Waals surface area contributed by atoms with Crippen molar-refractivity contribution in [2.75, 3.05) is 5.32 Å². The molecule has 1 fully saturated rings. The monoisotopic (exact) mass is 334 g/mol. The maximum absolute atomic E-state index is 12.2. The molecule has 1 aromatic heterocycles. The second kappa shape index (κ2) is 6.55. The maximum atomic E-state index is 12.2. The highest BCUT2D eigenvalue weighted by molar-refractivity contribution is 7.89. The Labute approximate surface area is 134 Å². The number of anilines is 1. The second-order valence-corrected chi connectivity index (χ2v) is 7.31. The molecule has 0 radical (unpaired) electrons. The molecular formula is C16H18N2O4S. The molecule has 7 heteroatoms. The Kier molecular flexibility index (Phi) is 4.49. The van der Waals surface area contributed by atoms with Crippen LogP contribution in [0.1, 0.15) is 25.0 Å². The molecule has 0 saturated heterocycles. The van der Waals surface area contributed by atoms with Gasteiger partial charge in [0, 0.05) is 11.6 Å². The van der Waals surface area contributed by atoms with Gasteiger partial charge >= 0.3 is 0 Å². The topological polar surface area (TPSA) is 88.4 Å². The van der Waals surface area contributed by atoms with Gasteiger partial charge in [0.1, 0.15) is 5.76 Å². The van der Waals surface area contributed by atoms with E-state index in [1.54, 1.807) is 24.3 Å². The van der Waals surface area contributed by atoms with E-state index < -0.39 is 10.0 Å². The van der Waals surface area contributed by atoms with E-state index in [1.807, 2.05) is 0 Å². The zero-order chi connectivity index (χ0) is 16.3. The molecule has 1 heterocycles. The number of furan rings is 1. The molecule has 2 N–H and O–H groups in total. The van der Waals surface area contributed by atoms with Crippen molar-refractivity contribution in [1.82, 2.24) is 4.72 Å². The van der Waals surface area contributed by atoms with Gasteiger partial charge in [-0.1, -0.05) is 6.42 Å². The molecule has 0 unspecified atom stereocenters. The minimum Gasteiger partial charge on any atom is -0.468 e. The first-order valence-corrected chi connectivity index (χ1v) is 8.96. The van der Waals surface area contributed by atoms with Crippen molar-refractivity contribution in [3.05, 3.63) is 48.4 Å². The van der Waals surface area contributed by atoms with Crippen molar-refractivity contribution < 1.29 is 17.6 Å². The van der Waals surface area contributed by atoms with Crippen LogP contribution in [-0.2, 0) is 21.4 Å². The highest BCUT2D eigenvalue weighted by Gasteiger charge is 2.25. The molecule has 23 heavy (non-hydrogen) atoms. The summed E-state index contributed by atoms with van der Waals surface area (Å²) in [5, 5.41) is 2.81. The normalized spacial score (nSPS) is 15.1. The summed E-state index contributed by atoms with van der Waals surface area (Å²) in [6.07, 6.45) is 4.43. The maximum Gasteiger partial charge on any atom is 0.240 e. The highest BCUT2D eigenvalue weighted by Crippen LogP contribution is 2.27. The Hall–Kier alpha value is -2.12. The number of amides is 1. The van der Waals surface area contributed by atoms with Crippen molar-refractivity contribution in [1.29, 1.82) is 0 Å². The fourth-order valence-electron chi connectivity index (χ4n) is 2.29.